The maximum atomic E-state index is 12.6. The van der Waals surface area contributed by atoms with Crippen LogP contribution in [0.25, 0.3) is 0 Å². The van der Waals surface area contributed by atoms with Gasteiger partial charge >= 0.3 is 6.03 Å². The monoisotopic (exact) mass is 323 g/mol. The smallest absolute Gasteiger partial charge is 0.324 e. The number of carbonyl (C=O) groups excluding carboxylic acids is 3. The van der Waals surface area contributed by atoms with E-state index in [0.717, 1.165) is 30.1 Å². The molecule has 2 fully saturated rings. The fourth-order valence-corrected chi connectivity index (χ4v) is 3.53. The Bertz CT molecular complexity index is 601. The summed E-state index contributed by atoms with van der Waals surface area (Å²) in [6.45, 7) is 2.98. The Morgan fingerprint density at radius 1 is 1.45 bits per heavy atom. The summed E-state index contributed by atoms with van der Waals surface area (Å²) in [4.78, 5) is 39.5. The zero-order valence-corrected chi connectivity index (χ0v) is 13.1. The van der Waals surface area contributed by atoms with Crippen molar-refractivity contribution in [1.29, 1.82) is 0 Å². The number of amides is 4. The van der Waals surface area contributed by atoms with Crippen LogP contribution in [-0.4, -0.2) is 62.9 Å². The molecule has 0 aromatic carbocycles. The summed E-state index contributed by atoms with van der Waals surface area (Å²) in [7, 11) is 0. The van der Waals surface area contributed by atoms with E-state index in [-0.39, 0.29) is 30.4 Å². The number of aryl methyl sites for hydroxylation is 1. The average Bonchev–Trinajstić information content (AvgIpc) is 3.20. The first-order chi connectivity index (χ1) is 10.6. The predicted molar refractivity (Wildman–Crippen MR) is 78.5 cm³/mol. The fraction of sp³-hybridized carbons (Fsp3) is 0.615. The molecule has 1 atom stereocenters. The van der Waals surface area contributed by atoms with Crippen LogP contribution in [0.1, 0.15) is 35.1 Å². The van der Waals surface area contributed by atoms with Crippen molar-refractivity contribution >= 4 is 29.4 Å². The minimum atomic E-state index is -0.365. The highest BCUT2D eigenvalue weighted by Gasteiger charge is 2.40. The molecule has 1 unspecified atom stereocenters. The highest BCUT2D eigenvalue weighted by molar-refractivity contribution is 7.08. The maximum absolute atomic E-state index is 12.6. The summed E-state index contributed by atoms with van der Waals surface area (Å²) in [5.41, 5.74) is 0.732. The molecule has 2 saturated heterocycles. The Kier molecular flexibility index (Phi) is 4.06. The Balaban J connectivity index is 1.69. The maximum Gasteiger partial charge on any atom is 0.324 e. The topological polar surface area (TPSA) is 95.5 Å². The third-order valence-corrected chi connectivity index (χ3v) is 4.69. The van der Waals surface area contributed by atoms with Gasteiger partial charge in [0.15, 0.2) is 0 Å². The van der Waals surface area contributed by atoms with Crippen molar-refractivity contribution in [3.63, 3.8) is 0 Å². The third kappa shape index (κ3) is 2.56. The van der Waals surface area contributed by atoms with E-state index in [2.05, 4.69) is 14.9 Å². The molecule has 3 rings (SSSR count). The molecule has 118 valence electrons. The highest BCUT2D eigenvalue weighted by Crippen LogP contribution is 2.22. The highest BCUT2D eigenvalue weighted by atomic mass is 32.1. The lowest BCUT2D eigenvalue weighted by atomic mass is 10.2. The minimum Gasteiger partial charge on any atom is -0.336 e. The van der Waals surface area contributed by atoms with Crippen LogP contribution in [0.15, 0.2) is 0 Å². The van der Waals surface area contributed by atoms with Crippen LogP contribution in [0.2, 0.25) is 0 Å². The van der Waals surface area contributed by atoms with Gasteiger partial charge in [0.1, 0.15) is 4.88 Å². The van der Waals surface area contributed by atoms with Gasteiger partial charge in [0.05, 0.1) is 18.3 Å². The van der Waals surface area contributed by atoms with Crippen molar-refractivity contribution in [2.24, 2.45) is 0 Å². The Labute approximate surface area is 131 Å². The summed E-state index contributed by atoms with van der Waals surface area (Å²) in [6.07, 6.45) is 2.23. The van der Waals surface area contributed by atoms with E-state index in [4.69, 9.17) is 0 Å². The van der Waals surface area contributed by atoms with E-state index in [1.54, 1.807) is 4.90 Å². The third-order valence-electron chi connectivity index (χ3n) is 3.93. The lowest BCUT2D eigenvalue weighted by molar-refractivity contribution is -0.126. The van der Waals surface area contributed by atoms with E-state index in [0.29, 0.717) is 24.4 Å². The fourth-order valence-electron chi connectivity index (χ4n) is 2.86. The van der Waals surface area contributed by atoms with Crippen LogP contribution in [0.4, 0.5) is 4.79 Å². The Hall–Kier alpha value is -2.03. The number of hydrogen-bond donors (Lipinski definition) is 1. The standard InChI is InChI=1S/C13H17N5O3S/c1-2-3-9-11(22-16-15-9)12(20)17-5-4-8(7-17)18-10(19)6-14-13(18)21/h8H,2-7H2,1H3,(H,14,21). The summed E-state index contributed by atoms with van der Waals surface area (Å²) in [5, 5.41) is 6.52. The van der Waals surface area contributed by atoms with Gasteiger partial charge in [-0.1, -0.05) is 17.8 Å². The number of imide groups is 1. The second-order valence-corrected chi connectivity index (χ2v) is 6.17. The molecule has 3 heterocycles. The largest absolute Gasteiger partial charge is 0.336 e. The molecular formula is C13H17N5O3S. The first-order valence-corrected chi connectivity index (χ1v) is 8.09. The van der Waals surface area contributed by atoms with Gasteiger partial charge < -0.3 is 10.2 Å². The van der Waals surface area contributed by atoms with E-state index in [9.17, 15) is 14.4 Å². The average molecular weight is 323 g/mol. The number of nitrogens with one attached hydrogen (secondary N) is 1. The van der Waals surface area contributed by atoms with Gasteiger partial charge in [0, 0.05) is 13.1 Å². The molecule has 4 amide bonds. The summed E-state index contributed by atoms with van der Waals surface area (Å²) in [6, 6.07) is -0.607. The molecule has 8 nitrogen and oxygen atoms in total. The molecule has 0 saturated carbocycles. The summed E-state index contributed by atoms with van der Waals surface area (Å²) >= 11 is 1.11. The van der Waals surface area contributed by atoms with E-state index < -0.39 is 0 Å². The van der Waals surface area contributed by atoms with Gasteiger partial charge in [-0.25, -0.2) is 4.79 Å². The molecule has 9 heteroatoms. The van der Waals surface area contributed by atoms with Gasteiger partial charge in [0.2, 0.25) is 5.91 Å². The lowest BCUT2D eigenvalue weighted by Gasteiger charge is -2.21. The molecule has 0 radical (unpaired) electrons. The molecule has 0 bridgehead atoms. The molecule has 1 N–H and O–H groups in total. The van der Waals surface area contributed by atoms with Gasteiger partial charge in [-0.3, -0.25) is 14.5 Å². The molecule has 0 spiro atoms. The predicted octanol–water partition coefficient (Wildman–Crippen LogP) is 0.257. The molecule has 1 aromatic rings. The second-order valence-electron chi connectivity index (χ2n) is 5.41. The van der Waals surface area contributed by atoms with Crippen LogP contribution in [0.3, 0.4) is 0 Å². The molecular weight excluding hydrogens is 306 g/mol. The van der Waals surface area contributed by atoms with E-state index in [1.165, 1.54) is 4.90 Å². The van der Waals surface area contributed by atoms with Crippen LogP contribution < -0.4 is 5.32 Å². The number of hydrogen-bond acceptors (Lipinski definition) is 6. The van der Waals surface area contributed by atoms with Crippen LogP contribution in [0.5, 0.6) is 0 Å². The lowest BCUT2D eigenvalue weighted by Crippen LogP contribution is -2.42. The van der Waals surface area contributed by atoms with Crippen molar-refractivity contribution in [3.05, 3.63) is 10.6 Å². The van der Waals surface area contributed by atoms with Crippen molar-refractivity contribution in [2.45, 2.75) is 32.2 Å². The first-order valence-electron chi connectivity index (χ1n) is 7.32. The Morgan fingerprint density at radius 2 is 2.27 bits per heavy atom. The number of rotatable bonds is 4. The van der Waals surface area contributed by atoms with Gasteiger partial charge in [-0.15, -0.1) is 5.10 Å². The van der Waals surface area contributed by atoms with Gasteiger partial charge in [0.25, 0.3) is 5.91 Å². The molecule has 1 aromatic heterocycles. The quantitative estimate of drug-likeness (QED) is 0.802. The molecule has 2 aliphatic heterocycles. The van der Waals surface area contributed by atoms with Gasteiger partial charge in [-0.05, 0) is 24.4 Å². The summed E-state index contributed by atoms with van der Waals surface area (Å²) < 4.78 is 3.87. The van der Waals surface area contributed by atoms with Crippen LogP contribution in [0, 0.1) is 0 Å². The van der Waals surface area contributed by atoms with E-state index >= 15 is 0 Å². The molecule has 22 heavy (non-hydrogen) atoms. The van der Waals surface area contributed by atoms with Crippen molar-refractivity contribution in [1.82, 2.24) is 24.7 Å². The first kappa shape index (κ1) is 14.9. The number of urea groups is 1. The van der Waals surface area contributed by atoms with Gasteiger partial charge in [-0.2, -0.15) is 0 Å². The van der Waals surface area contributed by atoms with Crippen LogP contribution in [-0.2, 0) is 11.2 Å². The van der Waals surface area contributed by atoms with E-state index in [1.807, 2.05) is 6.92 Å². The summed E-state index contributed by atoms with van der Waals surface area (Å²) in [5.74, 6) is -0.330. The van der Waals surface area contributed by atoms with Crippen molar-refractivity contribution in [2.75, 3.05) is 19.6 Å². The number of nitrogens with zero attached hydrogens (tertiary/aromatic N) is 4. The Morgan fingerprint density at radius 3 is 2.95 bits per heavy atom. The van der Waals surface area contributed by atoms with Crippen molar-refractivity contribution < 1.29 is 14.4 Å². The normalized spacial score (nSPS) is 21.6. The molecule has 0 aliphatic carbocycles. The van der Waals surface area contributed by atoms with Crippen molar-refractivity contribution in [3.8, 4) is 0 Å². The number of likely N-dealkylation sites (tertiary alicyclic amines) is 1. The minimum absolute atomic E-state index is 0.0443. The second kappa shape index (κ2) is 5.99. The SMILES string of the molecule is CCCc1nnsc1C(=O)N1CCC(N2C(=O)CNC2=O)C1. The zero-order valence-electron chi connectivity index (χ0n) is 12.2. The number of carbonyl (C=O) groups is 3. The molecule has 2 aliphatic rings. The zero-order chi connectivity index (χ0) is 15.7. The number of aromatic nitrogens is 2. The van der Waals surface area contributed by atoms with Crippen LogP contribution >= 0.6 is 11.5 Å².